The van der Waals surface area contributed by atoms with E-state index in [9.17, 15) is 5.11 Å². The topological polar surface area (TPSA) is 117 Å². The third kappa shape index (κ3) is 5.30. The zero-order valence-corrected chi connectivity index (χ0v) is 20.1. The number of rotatable bonds is 9. The summed E-state index contributed by atoms with van der Waals surface area (Å²) in [6.45, 7) is 6.46. The van der Waals surface area contributed by atoms with Gasteiger partial charge in [0.05, 0.1) is 6.61 Å². The van der Waals surface area contributed by atoms with Crippen molar-refractivity contribution in [3.63, 3.8) is 0 Å². The lowest BCUT2D eigenvalue weighted by molar-refractivity contribution is 0.113. The van der Waals surface area contributed by atoms with E-state index in [1.807, 2.05) is 57.2 Å². The van der Waals surface area contributed by atoms with Crippen LogP contribution in [0, 0.1) is 13.8 Å². The molecule has 0 saturated carbocycles. The minimum absolute atomic E-state index is 0.129. The van der Waals surface area contributed by atoms with E-state index in [1.165, 1.54) is 0 Å². The monoisotopic (exact) mass is 482 g/mol. The molecule has 3 N–H and O–H groups in total. The number of aryl methyl sites for hydroxylation is 2. The lowest BCUT2D eigenvalue weighted by atomic mass is 10.1. The second-order valence-electron chi connectivity index (χ2n) is 7.99. The highest BCUT2D eigenvalue weighted by atomic mass is 35.5. The largest absolute Gasteiger partial charge is 0.490 e. The van der Waals surface area contributed by atoms with Crippen LogP contribution in [-0.2, 0) is 6.42 Å². The van der Waals surface area contributed by atoms with E-state index >= 15 is 0 Å². The Hall–Kier alpha value is -3.20. The van der Waals surface area contributed by atoms with Crippen molar-refractivity contribution in [1.29, 1.82) is 0 Å². The zero-order chi connectivity index (χ0) is 24.2. The van der Waals surface area contributed by atoms with Crippen LogP contribution in [0.1, 0.15) is 29.4 Å². The number of nitrogens with two attached hydrogens (primary N) is 1. The minimum atomic E-state index is -0.715. The van der Waals surface area contributed by atoms with Crippen molar-refractivity contribution in [2.45, 2.75) is 33.3 Å². The fraction of sp³-hybridized carbons (Fsp3) is 0.320. The highest BCUT2D eigenvalue weighted by Gasteiger charge is 2.19. The van der Waals surface area contributed by atoms with Crippen LogP contribution in [0.3, 0.4) is 0 Å². The number of aromatic nitrogens is 3. The maximum absolute atomic E-state index is 9.71. The summed E-state index contributed by atoms with van der Waals surface area (Å²) in [6, 6.07) is 11.4. The lowest BCUT2D eigenvalue weighted by Crippen LogP contribution is -2.26. The van der Waals surface area contributed by atoms with Gasteiger partial charge in [-0.05, 0) is 61.7 Å². The molecule has 0 saturated heterocycles. The van der Waals surface area contributed by atoms with E-state index in [4.69, 9.17) is 31.2 Å². The Kier molecular flexibility index (Phi) is 7.31. The number of halogens is 1. The Morgan fingerprint density at radius 3 is 2.41 bits per heavy atom. The Balaban J connectivity index is 1.68. The number of benzene rings is 2. The summed E-state index contributed by atoms with van der Waals surface area (Å²) in [5.74, 6) is 2.06. The van der Waals surface area contributed by atoms with Crippen LogP contribution in [0.25, 0.3) is 22.7 Å². The molecule has 0 spiro atoms. The number of hydrogen-bond acceptors (Lipinski definition) is 8. The highest BCUT2D eigenvalue weighted by molar-refractivity contribution is 6.30. The van der Waals surface area contributed by atoms with Gasteiger partial charge in [0.1, 0.15) is 24.3 Å². The van der Waals surface area contributed by atoms with Crippen LogP contribution in [-0.4, -0.2) is 45.9 Å². The number of oxazole rings is 1. The first-order valence-electron chi connectivity index (χ1n) is 11.0. The average molecular weight is 483 g/mol. The zero-order valence-electron chi connectivity index (χ0n) is 19.3. The predicted molar refractivity (Wildman–Crippen MR) is 130 cm³/mol. The number of aliphatic hydroxyl groups is 1. The summed E-state index contributed by atoms with van der Waals surface area (Å²) < 4.78 is 17.6. The summed E-state index contributed by atoms with van der Waals surface area (Å²) in [7, 11) is 0. The molecule has 2 heterocycles. The van der Waals surface area contributed by atoms with Crippen LogP contribution in [0.5, 0.6) is 11.6 Å². The Morgan fingerprint density at radius 1 is 1.06 bits per heavy atom. The maximum atomic E-state index is 9.71. The van der Waals surface area contributed by atoms with Gasteiger partial charge in [-0.25, -0.2) is 4.98 Å². The van der Waals surface area contributed by atoms with Gasteiger partial charge in [0.15, 0.2) is 5.52 Å². The summed E-state index contributed by atoms with van der Waals surface area (Å²) in [5.41, 5.74) is 9.88. The van der Waals surface area contributed by atoms with Gasteiger partial charge in [-0.2, -0.15) is 9.97 Å². The molecule has 0 bridgehead atoms. The molecule has 0 aliphatic heterocycles. The summed E-state index contributed by atoms with van der Waals surface area (Å²) in [6.07, 6.45) is -0.213. The molecule has 0 aliphatic carbocycles. The molecular formula is C25H27ClN4O4. The molecule has 0 aliphatic rings. The standard InChI is InChI=1S/C25H27ClN4O4/c1-4-32-24-21-25(29-20(28-24)11-16-5-7-18(26)8-6-16)34-23(30-21)17-9-14(2)22(15(3)10-17)33-13-19(31)12-27/h5-10,19,31H,4,11-13,27H2,1-3H3. The van der Waals surface area contributed by atoms with Crippen molar-refractivity contribution in [1.82, 2.24) is 15.0 Å². The van der Waals surface area contributed by atoms with Crippen molar-refractivity contribution < 1.29 is 19.0 Å². The SMILES string of the molecule is CCOc1nc(Cc2ccc(Cl)cc2)nc2oc(-c3cc(C)c(OCC(O)CN)c(C)c3)nc12. The average Bonchev–Trinajstić information content (AvgIpc) is 3.24. The first kappa shape index (κ1) is 23.9. The van der Waals surface area contributed by atoms with Gasteiger partial charge in [-0.3, -0.25) is 0 Å². The van der Waals surface area contributed by atoms with E-state index in [2.05, 4.69) is 15.0 Å². The van der Waals surface area contributed by atoms with Gasteiger partial charge in [0, 0.05) is 23.6 Å². The van der Waals surface area contributed by atoms with Gasteiger partial charge in [0.2, 0.25) is 11.8 Å². The Bertz CT molecular complexity index is 1270. The lowest BCUT2D eigenvalue weighted by Gasteiger charge is -2.15. The van der Waals surface area contributed by atoms with Crippen LogP contribution in [0.2, 0.25) is 5.02 Å². The fourth-order valence-corrected chi connectivity index (χ4v) is 3.74. The second-order valence-corrected chi connectivity index (χ2v) is 8.43. The van der Waals surface area contributed by atoms with E-state index in [-0.39, 0.29) is 13.2 Å². The maximum Gasteiger partial charge on any atom is 0.254 e. The third-order valence-electron chi connectivity index (χ3n) is 5.23. The highest BCUT2D eigenvalue weighted by Crippen LogP contribution is 2.33. The molecule has 2 aromatic heterocycles. The number of ether oxygens (including phenoxy) is 2. The van der Waals surface area contributed by atoms with Crippen LogP contribution in [0.4, 0.5) is 0 Å². The molecule has 0 radical (unpaired) electrons. The first-order chi connectivity index (χ1) is 16.4. The van der Waals surface area contributed by atoms with E-state index in [1.54, 1.807) is 0 Å². The second kappa shape index (κ2) is 10.4. The molecule has 1 unspecified atom stereocenters. The Morgan fingerprint density at radius 2 is 1.76 bits per heavy atom. The van der Waals surface area contributed by atoms with Crippen molar-refractivity contribution in [2.24, 2.45) is 5.73 Å². The van der Waals surface area contributed by atoms with Gasteiger partial charge in [-0.1, -0.05) is 23.7 Å². The van der Waals surface area contributed by atoms with Crippen molar-refractivity contribution in [3.8, 4) is 23.1 Å². The van der Waals surface area contributed by atoms with Gasteiger partial charge >= 0.3 is 0 Å². The number of fused-ring (bicyclic) bond motifs is 1. The summed E-state index contributed by atoms with van der Waals surface area (Å²) >= 11 is 5.99. The normalized spacial score (nSPS) is 12.2. The molecule has 1 atom stereocenters. The van der Waals surface area contributed by atoms with Crippen molar-refractivity contribution in [2.75, 3.05) is 19.8 Å². The van der Waals surface area contributed by atoms with Crippen LogP contribution < -0.4 is 15.2 Å². The molecular weight excluding hydrogens is 456 g/mol. The molecule has 0 amide bonds. The molecule has 9 heteroatoms. The molecule has 4 aromatic rings. The number of nitrogens with zero attached hydrogens (tertiary/aromatic N) is 3. The fourth-order valence-electron chi connectivity index (χ4n) is 3.61. The number of aliphatic hydroxyl groups excluding tert-OH is 1. The molecule has 34 heavy (non-hydrogen) atoms. The van der Waals surface area contributed by atoms with Crippen molar-refractivity contribution in [3.05, 3.63) is 63.9 Å². The van der Waals surface area contributed by atoms with Gasteiger partial charge in [0.25, 0.3) is 5.71 Å². The van der Waals surface area contributed by atoms with E-state index in [0.717, 1.165) is 22.3 Å². The summed E-state index contributed by atoms with van der Waals surface area (Å²) in [4.78, 5) is 13.8. The van der Waals surface area contributed by atoms with Gasteiger partial charge in [-0.15, -0.1) is 0 Å². The predicted octanol–water partition coefficient (Wildman–Crippen LogP) is 4.24. The number of hydrogen-bond donors (Lipinski definition) is 2. The summed E-state index contributed by atoms with van der Waals surface area (Å²) in [5, 5.41) is 10.4. The Labute approximate surface area is 202 Å². The van der Waals surface area contributed by atoms with Crippen molar-refractivity contribution >= 4 is 22.8 Å². The van der Waals surface area contributed by atoms with Crippen LogP contribution in [0.15, 0.2) is 40.8 Å². The molecule has 2 aromatic carbocycles. The smallest absolute Gasteiger partial charge is 0.254 e. The quantitative estimate of drug-likeness (QED) is 0.364. The van der Waals surface area contributed by atoms with E-state index in [0.29, 0.717) is 52.6 Å². The first-order valence-corrected chi connectivity index (χ1v) is 11.4. The van der Waals surface area contributed by atoms with E-state index < -0.39 is 6.10 Å². The molecule has 0 fully saturated rings. The molecule has 178 valence electrons. The molecule has 4 rings (SSSR count). The van der Waals surface area contributed by atoms with Gasteiger partial charge < -0.3 is 24.7 Å². The third-order valence-corrected chi connectivity index (χ3v) is 5.48. The molecule has 8 nitrogen and oxygen atoms in total. The minimum Gasteiger partial charge on any atom is -0.490 e. The van der Waals surface area contributed by atoms with Crippen LogP contribution >= 0.6 is 11.6 Å².